The highest BCUT2D eigenvalue weighted by Gasteiger charge is 2.51. The molecular formula is C20H20ClN3O. The van der Waals surface area contributed by atoms with Crippen LogP contribution in [-0.2, 0) is 23.3 Å². The standard InChI is InChI=1S/C20H20ClN3O/c1-2-24-17-6-4-3-5-16(17)23-18(24)13-22-19(25)20(11-12-20)14-7-9-15(21)10-8-14/h3-10H,2,11-13H2,1H3,(H,22,25). The lowest BCUT2D eigenvalue weighted by atomic mass is 9.95. The predicted octanol–water partition coefficient (Wildman–Crippen LogP) is 4.06. The third-order valence-corrected chi connectivity index (χ3v) is 5.29. The highest BCUT2D eigenvalue weighted by molar-refractivity contribution is 6.30. The van der Waals surface area contributed by atoms with E-state index in [0.717, 1.165) is 41.8 Å². The zero-order valence-electron chi connectivity index (χ0n) is 14.1. The Kier molecular flexibility index (Phi) is 4.00. The van der Waals surface area contributed by atoms with Crippen molar-refractivity contribution in [3.05, 3.63) is 64.9 Å². The van der Waals surface area contributed by atoms with Gasteiger partial charge in [-0.05, 0) is 49.6 Å². The second-order valence-electron chi connectivity index (χ2n) is 6.53. The maximum absolute atomic E-state index is 12.8. The summed E-state index contributed by atoms with van der Waals surface area (Å²) in [5.74, 6) is 0.966. The van der Waals surface area contributed by atoms with Gasteiger partial charge < -0.3 is 9.88 Å². The molecule has 4 nitrogen and oxygen atoms in total. The lowest BCUT2D eigenvalue weighted by Crippen LogP contribution is -2.35. The number of hydrogen-bond donors (Lipinski definition) is 1. The summed E-state index contributed by atoms with van der Waals surface area (Å²) < 4.78 is 2.15. The molecule has 0 saturated heterocycles. The van der Waals surface area contributed by atoms with Gasteiger partial charge in [0.15, 0.2) is 0 Å². The van der Waals surface area contributed by atoms with E-state index in [4.69, 9.17) is 11.6 Å². The monoisotopic (exact) mass is 353 g/mol. The first-order chi connectivity index (χ1) is 12.1. The van der Waals surface area contributed by atoms with Crippen LogP contribution in [0.4, 0.5) is 0 Å². The van der Waals surface area contributed by atoms with Crippen molar-refractivity contribution in [1.82, 2.24) is 14.9 Å². The summed E-state index contributed by atoms with van der Waals surface area (Å²) in [6.45, 7) is 3.36. The first-order valence-electron chi connectivity index (χ1n) is 8.62. The van der Waals surface area contributed by atoms with E-state index in [2.05, 4.69) is 27.9 Å². The van der Waals surface area contributed by atoms with Crippen molar-refractivity contribution in [2.75, 3.05) is 0 Å². The number of para-hydroxylation sites is 2. The minimum Gasteiger partial charge on any atom is -0.348 e. The number of nitrogens with one attached hydrogen (secondary N) is 1. The summed E-state index contributed by atoms with van der Waals surface area (Å²) in [5.41, 5.74) is 2.71. The average Bonchev–Trinajstić information content (AvgIpc) is 3.36. The molecular weight excluding hydrogens is 334 g/mol. The second kappa shape index (κ2) is 6.19. The molecule has 4 rings (SSSR count). The van der Waals surface area contributed by atoms with Crippen LogP contribution in [0.5, 0.6) is 0 Å². The van der Waals surface area contributed by atoms with Crippen LogP contribution < -0.4 is 5.32 Å². The number of amides is 1. The summed E-state index contributed by atoms with van der Waals surface area (Å²) in [6, 6.07) is 15.7. The van der Waals surface area contributed by atoms with Gasteiger partial charge in [-0.1, -0.05) is 35.9 Å². The van der Waals surface area contributed by atoms with Gasteiger partial charge >= 0.3 is 0 Å². The molecule has 0 unspecified atom stereocenters. The zero-order chi connectivity index (χ0) is 17.4. The molecule has 1 heterocycles. The van der Waals surface area contributed by atoms with Crippen molar-refractivity contribution in [2.24, 2.45) is 0 Å². The first kappa shape index (κ1) is 16.2. The predicted molar refractivity (Wildman–Crippen MR) is 99.6 cm³/mol. The molecule has 0 spiro atoms. The molecule has 1 saturated carbocycles. The van der Waals surface area contributed by atoms with Crippen molar-refractivity contribution < 1.29 is 4.79 Å². The Balaban J connectivity index is 1.53. The van der Waals surface area contributed by atoms with Gasteiger partial charge in [-0.25, -0.2) is 4.98 Å². The molecule has 0 atom stereocenters. The van der Waals surface area contributed by atoms with Crippen LogP contribution in [-0.4, -0.2) is 15.5 Å². The van der Waals surface area contributed by atoms with Crippen LogP contribution >= 0.6 is 11.6 Å². The maximum Gasteiger partial charge on any atom is 0.231 e. The third kappa shape index (κ3) is 2.81. The Hall–Kier alpha value is -2.33. The fourth-order valence-corrected chi connectivity index (χ4v) is 3.61. The number of aryl methyl sites for hydroxylation is 1. The molecule has 1 fully saturated rings. The number of hydrogen-bond acceptors (Lipinski definition) is 2. The summed E-state index contributed by atoms with van der Waals surface area (Å²) in [4.78, 5) is 17.5. The van der Waals surface area contributed by atoms with Gasteiger partial charge in [0.25, 0.3) is 0 Å². The van der Waals surface area contributed by atoms with Crippen LogP contribution in [0.3, 0.4) is 0 Å². The lowest BCUT2D eigenvalue weighted by molar-refractivity contribution is -0.123. The molecule has 0 radical (unpaired) electrons. The SMILES string of the molecule is CCn1c(CNC(=O)C2(c3ccc(Cl)cc3)CC2)nc2ccccc21. The molecule has 5 heteroatoms. The molecule has 1 aliphatic rings. The largest absolute Gasteiger partial charge is 0.348 e. The van der Waals surface area contributed by atoms with Crippen molar-refractivity contribution >= 4 is 28.5 Å². The summed E-state index contributed by atoms with van der Waals surface area (Å²) in [5, 5.41) is 3.79. The number of benzene rings is 2. The van der Waals surface area contributed by atoms with E-state index in [-0.39, 0.29) is 5.91 Å². The van der Waals surface area contributed by atoms with Gasteiger partial charge in [-0.15, -0.1) is 0 Å². The van der Waals surface area contributed by atoms with E-state index in [1.54, 1.807) is 0 Å². The number of nitrogens with zero attached hydrogens (tertiary/aromatic N) is 2. The number of fused-ring (bicyclic) bond motifs is 1. The number of carbonyl (C=O) groups excluding carboxylic acids is 1. The maximum atomic E-state index is 12.8. The van der Waals surface area contributed by atoms with E-state index in [1.165, 1.54) is 0 Å². The molecule has 0 bridgehead atoms. The van der Waals surface area contributed by atoms with Gasteiger partial charge in [0.2, 0.25) is 5.91 Å². The lowest BCUT2D eigenvalue weighted by Gasteiger charge is -2.16. The van der Waals surface area contributed by atoms with Crippen molar-refractivity contribution in [3.8, 4) is 0 Å². The Labute approximate surface area is 151 Å². The van der Waals surface area contributed by atoms with E-state index < -0.39 is 5.41 Å². The fourth-order valence-electron chi connectivity index (χ4n) is 3.48. The molecule has 25 heavy (non-hydrogen) atoms. The van der Waals surface area contributed by atoms with Crippen LogP contribution in [0.1, 0.15) is 31.2 Å². The van der Waals surface area contributed by atoms with Crippen LogP contribution in [0.15, 0.2) is 48.5 Å². The molecule has 2 aromatic carbocycles. The van der Waals surface area contributed by atoms with Gasteiger partial charge in [0, 0.05) is 11.6 Å². The van der Waals surface area contributed by atoms with Crippen LogP contribution in [0.25, 0.3) is 11.0 Å². The minimum atomic E-state index is -0.395. The molecule has 1 aliphatic carbocycles. The Morgan fingerprint density at radius 3 is 2.60 bits per heavy atom. The number of imidazole rings is 1. The van der Waals surface area contributed by atoms with Crippen molar-refractivity contribution in [1.29, 1.82) is 0 Å². The van der Waals surface area contributed by atoms with E-state index in [1.807, 2.05) is 42.5 Å². The third-order valence-electron chi connectivity index (χ3n) is 5.04. The van der Waals surface area contributed by atoms with Crippen LogP contribution in [0.2, 0.25) is 5.02 Å². The molecule has 1 aromatic heterocycles. The van der Waals surface area contributed by atoms with Gasteiger partial charge in [-0.2, -0.15) is 0 Å². The average molecular weight is 354 g/mol. The smallest absolute Gasteiger partial charge is 0.231 e. The van der Waals surface area contributed by atoms with E-state index in [0.29, 0.717) is 11.6 Å². The van der Waals surface area contributed by atoms with Crippen molar-refractivity contribution in [2.45, 2.75) is 38.3 Å². The van der Waals surface area contributed by atoms with E-state index in [9.17, 15) is 4.79 Å². The molecule has 128 valence electrons. The number of carbonyl (C=O) groups is 1. The van der Waals surface area contributed by atoms with Gasteiger partial charge in [0.1, 0.15) is 5.82 Å². The summed E-state index contributed by atoms with van der Waals surface area (Å²) in [7, 11) is 0. The van der Waals surface area contributed by atoms with Gasteiger partial charge in [-0.3, -0.25) is 4.79 Å². The molecule has 1 N–H and O–H groups in total. The minimum absolute atomic E-state index is 0.0736. The topological polar surface area (TPSA) is 46.9 Å². The Morgan fingerprint density at radius 1 is 1.20 bits per heavy atom. The van der Waals surface area contributed by atoms with Crippen molar-refractivity contribution in [3.63, 3.8) is 0 Å². The number of aromatic nitrogens is 2. The molecule has 0 aliphatic heterocycles. The summed E-state index contributed by atoms with van der Waals surface area (Å²) in [6.07, 6.45) is 1.76. The second-order valence-corrected chi connectivity index (χ2v) is 6.97. The van der Waals surface area contributed by atoms with E-state index >= 15 is 0 Å². The highest BCUT2D eigenvalue weighted by atomic mass is 35.5. The highest BCUT2D eigenvalue weighted by Crippen LogP contribution is 2.48. The Morgan fingerprint density at radius 2 is 1.92 bits per heavy atom. The normalized spacial score (nSPS) is 15.3. The fraction of sp³-hybridized carbons (Fsp3) is 0.300. The molecule has 3 aromatic rings. The number of halogens is 1. The molecule has 1 amide bonds. The first-order valence-corrected chi connectivity index (χ1v) is 9.00. The quantitative estimate of drug-likeness (QED) is 0.752. The zero-order valence-corrected chi connectivity index (χ0v) is 14.9. The van der Waals surface area contributed by atoms with Gasteiger partial charge in [0.05, 0.1) is 23.0 Å². The number of rotatable bonds is 5. The summed E-state index contributed by atoms with van der Waals surface area (Å²) >= 11 is 5.96. The Bertz CT molecular complexity index is 926. The van der Waals surface area contributed by atoms with Crippen LogP contribution in [0, 0.1) is 0 Å².